The summed E-state index contributed by atoms with van der Waals surface area (Å²) in [5, 5.41) is 2.78. The van der Waals surface area contributed by atoms with E-state index in [-0.39, 0.29) is 42.8 Å². The summed E-state index contributed by atoms with van der Waals surface area (Å²) in [6.45, 7) is 3.01. The highest BCUT2D eigenvalue weighted by molar-refractivity contribution is 6.05. The third kappa shape index (κ3) is 5.46. The van der Waals surface area contributed by atoms with Gasteiger partial charge in [0.25, 0.3) is 5.91 Å². The molecule has 2 aromatic carbocycles. The first-order chi connectivity index (χ1) is 16.8. The number of ketones is 1. The number of hydrogen-bond donors (Lipinski definition) is 1. The Morgan fingerprint density at radius 3 is 2.77 bits per heavy atom. The van der Waals surface area contributed by atoms with Crippen molar-refractivity contribution < 1.29 is 28.2 Å². The number of pyridine rings is 1. The topological polar surface area (TPSA) is 97.8 Å². The van der Waals surface area contributed by atoms with Crippen molar-refractivity contribution in [2.45, 2.75) is 26.4 Å². The molecule has 0 bridgehead atoms. The number of hydrogen-bond acceptors (Lipinski definition) is 6. The van der Waals surface area contributed by atoms with Gasteiger partial charge < -0.3 is 14.8 Å². The summed E-state index contributed by atoms with van der Waals surface area (Å²) < 4.78 is 24.4. The summed E-state index contributed by atoms with van der Waals surface area (Å²) in [5.41, 5.74) is 1.86. The van der Waals surface area contributed by atoms with Crippen molar-refractivity contribution in [1.82, 2.24) is 10.3 Å². The maximum absolute atomic E-state index is 13.3. The van der Waals surface area contributed by atoms with Crippen LogP contribution in [0, 0.1) is 12.7 Å². The van der Waals surface area contributed by atoms with Gasteiger partial charge in [0, 0.05) is 11.8 Å². The van der Waals surface area contributed by atoms with Crippen LogP contribution in [-0.2, 0) is 16.1 Å². The van der Waals surface area contributed by atoms with E-state index in [0.717, 1.165) is 0 Å². The third-order valence-electron chi connectivity index (χ3n) is 5.59. The predicted molar refractivity (Wildman–Crippen MR) is 126 cm³/mol. The maximum atomic E-state index is 13.3. The lowest BCUT2D eigenvalue weighted by Gasteiger charge is -2.33. The number of nitrogens with zero attached hydrogens (tertiary/aromatic N) is 2. The van der Waals surface area contributed by atoms with Crippen LogP contribution >= 0.6 is 0 Å². The summed E-state index contributed by atoms with van der Waals surface area (Å²) in [6.07, 6.45) is 1.63. The number of carbonyl (C=O) groups is 3. The molecule has 1 atom stereocenters. The number of benzene rings is 2. The van der Waals surface area contributed by atoms with Gasteiger partial charge in [-0.15, -0.1) is 0 Å². The third-order valence-corrected chi connectivity index (χ3v) is 5.59. The molecular formula is C26H24FN3O5. The fraction of sp³-hybridized carbons (Fsp3) is 0.231. The summed E-state index contributed by atoms with van der Waals surface area (Å²) in [7, 11) is 0. The number of aromatic nitrogens is 1. The Hall–Kier alpha value is -4.27. The molecule has 1 aliphatic rings. The molecule has 0 fully saturated rings. The molecule has 180 valence electrons. The predicted octanol–water partition coefficient (Wildman–Crippen LogP) is 3.22. The molecule has 0 saturated heterocycles. The summed E-state index contributed by atoms with van der Waals surface area (Å²) in [6, 6.07) is 13.2. The highest BCUT2D eigenvalue weighted by Crippen LogP contribution is 2.34. The second-order valence-electron chi connectivity index (χ2n) is 8.07. The zero-order chi connectivity index (χ0) is 24.9. The maximum Gasteiger partial charge on any atom is 0.265 e. The van der Waals surface area contributed by atoms with Crippen molar-refractivity contribution in [3.63, 3.8) is 0 Å². The molecule has 3 aromatic rings. The summed E-state index contributed by atoms with van der Waals surface area (Å²) in [4.78, 5) is 43.8. The minimum Gasteiger partial charge on any atom is -0.485 e. The number of rotatable bonds is 8. The Morgan fingerprint density at radius 1 is 1.20 bits per heavy atom. The van der Waals surface area contributed by atoms with Gasteiger partial charge in [-0.3, -0.25) is 24.3 Å². The number of ether oxygens (including phenoxy) is 2. The van der Waals surface area contributed by atoms with E-state index in [1.807, 2.05) is 6.07 Å². The number of fused-ring (bicyclic) bond motifs is 1. The fourth-order valence-electron chi connectivity index (χ4n) is 3.72. The molecule has 8 nitrogen and oxygen atoms in total. The Labute approximate surface area is 201 Å². The molecule has 1 aliphatic heterocycles. The highest BCUT2D eigenvalue weighted by Gasteiger charge is 2.33. The average molecular weight is 477 g/mol. The van der Waals surface area contributed by atoms with Crippen LogP contribution in [0.2, 0.25) is 0 Å². The van der Waals surface area contributed by atoms with Crippen LogP contribution in [0.3, 0.4) is 0 Å². The summed E-state index contributed by atoms with van der Waals surface area (Å²) >= 11 is 0. The van der Waals surface area contributed by atoms with Crippen LogP contribution in [0.25, 0.3) is 0 Å². The monoisotopic (exact) mass is 477 g/mol. The van der Waals surface area contributed by atoms with Gasteiger partial charge >= 0.3 is 0 Å². The van der Waals surface area contributed by atoms with Gasteiger partial charge in [-0.2, -0.15) is 0 Å². The molecule has 2 heterocycles. The number of amides is 2. The quantitative estimate of drug-likeness (QED) is 0.501. The van der Waals surface area contributed by atoms with Crippen molar-refractivity contribution in [3.05, 3.63) is 83.4 Å². The molecule has 0 spiro atoms. The van der Waals surface area contributed by atoms with Crippen molar-refractivity contribution in [3.8, 4) is 11.5 Å². The van der Waals surface area contributed by atoms with Crippen LogP contribution in [-0.4, -0.2) is 41.8 Å². The Balaban J connectivity index is 1.49. The van der Waals surface area contributed by atoms with E-state index in [0.29, 0.717) is 28.4 Å². The Morgan fingerprint density at radius 2 is 2.03 bits per heavy atom. The number of halogens is 1. The lowest BCUT2D eigenvalue weighted by Crippen LogP contribution is -2.51. The molecule has 0 radical (unpaired) electrons. The van der Waals surface area contributed by atoms with Crippen LogP contribution in [0.1, 0.15) is 28.5 Å². The highest BCUT2D eigenvalue weighted by atomic mass is 19.1. The first-order valence-electron chi connectivity index (χ1n) is 11.0. The van der Waals surface area contributed by atoms with Gasteiger partial charge in [0.1, 0.15) is 23.4 Å². The van der Waals surface area contributed by atoms with Crippen molar-refractivity contribution in [2.24, 2.45) is 0 Å². The smallest absolute Gasteiger partial charge is 0.265 e. The van der Waals surface area contributed by atoms with Crippen molar-refractivity contribution >= 4 is 23.3 Å². The van der Waals surface area contributed by atoms with Gasteiger partial charge in [-0.25, -0.2) is 4.39 Å². The molecule has 35 heavy (non-hydrogen) atoms. The minimum absolute atomic E-state index is 0.216. The second kappa shape index (κ2) is 10.3. The molecule has 0 unspecified atom stereocenters. The van der Waals surface area contributed by atoms with E-state index < -0.39 is 11.9 Å². The summed E-state index contributed by atoms with van der Waals surface area (Å²) in [5.74, 6) is -0.720. The van der Waals surface area contributed by atoms with Gasteiger partial charge in [0.2, 0.25) is 5.91 Å². The van der Waals surface area contributed by atoms with Gasteiger partial charge in [0.15, 0.2) is 19.0 Å². The second-order valence-corrected chi connectivity index (χ2v) is 8.07. The number of Topliss-reactive ketones (excluding diaryl/α,β-unsaturated/α-hetero) is 1. The van der Waals surface area contributed by atoms with E-state index in [9.17, 15) is 18.8 Å². The van der Waals surface area contributed by atoms with Crippen LogP contribution in [0.5, 0.6) is 11.5 Å². The van der Waals surface area contributed by atoms with Gasteiger partial charge in [-0.1, -0.05) is 6.07 Å². The molecule has 2 amide bonds. The van der Waals surface area contributed by atoms with E-state index in [1.165, 1.54) is 29.2 Å². The van der Waals surface area contributed by atoms with Crippen molar-refractivity contribution in [1.29, 1.82) is 0 Å². The molecule has 9 heteroatoms. The normalized spacial score (nSPS) is 13.5. The average Bonchev–Trinajstić information content (AvgIpc) is 2.86. The zero-order valence-electron chi connectivity index (χ0n) is 19.3. The van der Waals surface area contributed by atoms with Crippen LogP contribution in [0.15, 0.2) is 60.8 Å². The first-order valence-corrected chi connectivity index (χ1v) is 11.0. The standard InChI is InChI=1S/C26H24FN3O5/c1-16-11-19(27)7-9-23(16)34-14-22(31)18-6-8-24-21(12-18)30(25(32)15-35-24)17(2)26(33)29-13-20-5-3-4-10-28-20/h3-12,17H,13-15H2,1-2H3,(H,29,33)/t17-/m1/s1. The molecule has 0 aliphatic carbocycles. The largest absolute Gasteiger partial charge is 0.485 e. The minimum atomic E-state index is -0.850. The molecular weight excluding hydrogens is 453 g/mol. The SMILES string of the molecule is Cc1cc(F)ccc1OCC(=O)c1ccc2c(c1)N([C@H](C)C(=O)NCc1ccccn1)C(=O)CO2. The number of carbonyl (C=O) groups excluding carboxylic acids is 3. The van der Waals surface area contributed by atoms with Gasteiger partial charge in [0.05, 0.1) is 17.9 Å². The fourth-order valence-corrected chi connectivity index (χ4v) is 3.72. The first kappa shape index (κ1) is 23.9. The molecule has 4 rings (SSSR count). The number of nitrogens with one attached hydrogen (secondary N) is 1. The zero-order valence-corrected chi connectivity index (χ0v) is 19.3. The lowest BCUT2D eigenvalue weighted by atomic mass is 10.1. The molecule has 1 aromatic heterocycles. The Kier molecular flexibility index (Phi) is 7.05. The molecule has 0 saturated carbocycles. The van der Waals surface area contributed by atoms with E-state index in [2.05, 4.69) is 10.3 Å². The Bertz CT molecular complexity index is 1270. The number of anilines is 1. The van der Waals surface area contributed by atoms with Crippen LogP contribution < -0.4 is 19.7 Å². The van der Waals surface area contributed by atoms with Gasteiger partial charge in [-0.05, 0) is 67.9 Å². The van der Waals surface area contributed by atoms with E-state index >= 15 is 0 Å². The van der Waals surface area contributed by atoms with E-state index in [1.54, 1.807) is 44.3 Å². The lowest BCUT2D eigenvalue weighted by molar-refractivity contribution is -0.127. The van der Waals surface area contributed by atoms with Crippen molar-refractivity contribution in [2.75, 3.05) is 18.1 Å². The van der Waals surface area contributed by atoms with E-state index in [4.69, 9.17) is 9.47 Å². The molecule has 1 N–H and O–H groups in total. The van der Waals surface area contributed by atoms with Crippen LogP contribution in [0.4, 0.5) is 10.1 Å². The number of aryl methyl sites for hydroxylation is 1.